The Morgan fingerprint density at radius 1 is 1.23 bits per heavy atom. The Bertz CT molecular complexity index is 1000. The lowest BCUT2D eigenvalue weighted by Gasteiger charge is -2.10. The second-order valence-electron chi connectivity index (χ2n) is 5.24. The van der Waals surface area contributed by atoms with Gasteiger partial charge in [0.1, 0.15) is 0 Å². The number of non-ortho nitro benzene ring substituents is 1. The second kappa shape index (κ2) is 6.10. The zero-order valence-corrected chi connectivity index (χ0v) is 13.0. The first-order chi connectivity index (χ1) is 12.2. The molecule has 2 heterocycles. The molecule has 0 aliphatic heterocycles. The molecule has 3 rings (SSSR count). The van der Waals surface area contributed by atoms with E-state index in [1.165, 1.54) is 31.2 Å². The van der Waals surface area contributed by atoms with E-state index in [1.54, 1.807) is 0 Å². The molecular weight excluding hydrogens is 357 g/mol. The third-order valence-corrected chi connectivity index (χ3v) is 3.58. The summed E-state index contributed by atoms with van der Waals surface area (Å²) in [7, 11) is 0. The summed E-state index contributed by atoms with van der Waals surface area (Å²) < 4.78 is 43.1. The Morgan fingerprint density at radius 2 is 1.96 bits per heavy atom. The minimum Gasteiger partial charge on any atom is -0.618 e. The molecule has 3 aromatic rings. The highest BCUT2D eigenvalue weighted by atomic mass is 19.4. The van der Waals surface area contributed by atoms with Crippen LogP contribution < -0.4 is 4.73 Å². The fourth-order valence-corrected chi connectivity index (χ4v) is 2.29. The van der Waals surface area contributed by atoms with Crippen LogP contribution in [0.25, 0.3) is 22.8 Å². The highest BCUT2D eigenvalue weighted by Crippen LogP contribution is 2.30. The maximum absolute atomic E-state index is 12.8. The summed E-state index contributed by atoms with van der Waals surface area (Å²) >= 11 is 0. The molecule has 0 saturated carbocycles. The monoisotopic (exact) mass is 366 g/mol. The lowest BCUT2D eigenvalue weighted by Crippen LogP contribution is -2.40. The highest BCUT2D eigenvalue weighted by molar-refractivity contribution is 5.62. The normalized spacial score (nSPS) is 11.5. The van der Waals surface area contributed by atoms with E-state index in [-0.39, 0.29) is 39.0 Å². The van der Waals surface area contributed by atoms with E-state index >= 15 is 0 Å². The molecule has 0 unspecified atom stereocenters. The predicted octanol–water partition coefficient (Wildman–Crippen LogP) is 3.27. The predicted molar refractivity (Wildman–Crippen MR) is 80.5 cm³/mol. The van der Waals surface area contributed by atoms with Gasteiger partial charge in [-0.3, -0.25) is 10.1 Å². The van der Waals surface area contributed by atoms with Gasteiger partial charge in [0.05, 0.1) is 10.5 Å². The average Bonchev–Trinajstić information content (AvgIpc) is 3.06. The molecule has 0 aliphatic carbocycles. The average molecular weight is 366 g/mol. The molecule has 134 valence electrons. The smallest absolute Gasteiger partial charge is 0.478 e. The summed E-state index contributed by atoms with van der Waals surface area (Å²) in [5.41, 5.74) is -1.50. The number of rotatable bonds is 3. The summed E-state index contributed by atoms with van der Waals surface area (Å²) in [4.78, 5) is 14.2. The number of hydrogen-bond donors (Lipinski definition) is 0. The Morgan fingerprint density at radius 3 is 2.62 bits per heavy atom. The quantitative estimate of drug-likeness (QED) is 0.305. The van der Waals surface area contributed by atoms with E-state index in [9.17, 15) is 28.5 Å². The van der Waals surface area contributed by atoms with Crippen LogP contribution in [0.4, 0.5) is 18.9 Å². The standard InChI is InChI=1S/C15H9F3N4O4/c1-8-11(5-6-12(21(8)23)15(16,17)18)13-19-14(26-20-13)9-3-2-4-10(7-9)22(24)25/h2-7H,1H3. The van der Waals surface area contributed by atoms with Crippen molar-refractivity contribution in [2.75, 3.05) is 0 Å². The van der Waals surface area contributed by atoms with Crippen molar-refractivity contribution < 1.29 is 27.3 Å². The number of nitro groups is 1. The van der Waals surface area contributed by atoms with Crippen LogP contribution in [0.3, 0.4) is 0 Å². The molecule has 0 spiro atoms. The first kappa shape index (κ1) is 17.3. The number of nitro benzene ring substituents is 1. The molecule has 26 heavy (non-hydrogen) atoms. The van der Waals surface area contributed by atoms with E-state index in [1.807, 2.05) is 0 Å². The first-order valence-electron chi connectivity index (χ1n) is 7.08. The number of benzene rings is 1. The maximum Gasteiger partial charge on any atom is 0.478 e. The van der Waals surface area contributed by atoms with E-state index in [0.29, 0.717) is 6.07 Å². The molecule has 0 bridgehead atoms. The molecule has 0 atom stereocenters. The van der Waals surface area contributed by atoms with Crippen LogP contribution in [0, 0.1) is 22.2 Å². The Kier molecular flexibility index (Phi) is 4.06. The molecule has 8 nitrogen and oxygen atoms in total. The fraction of sp³-hybridized carbons (Fsp3) is 0.133. The van der Waals surface area contributed by atoms with Crippen LogP contribution in [-0.2, 0) is 6.18 Å². The Labute approximate surface area is 143 Å². The highest BCUT2D eigenvalue weighted by Gasteiger charge is 2.40. The zero-order valence-electron chi connectivity index (χ0n) is 13.0. The van der Waals surface area contributed by atoms with Crippen molar-refractivity contribution in [1.29, 1.82) is 0 Å². The number of hydrogen-bond acceptors (Lipinski definition) is 6. The van der Waals surface area contributed by atoms with Gasteiger partial charge in [0.25, 0.3) is 17.3 Å². The summed E-state index contributed by atoms with van der Waals surface area (Å²) in [6.45, 7) is 1.20. The lowest BCUT2D eigenvalue weighted by atomic mass is 10.1. The molecule has 2 aromatic heterocycles. The molecular formula is C15H9F3N4O4. The van der Waals surface area contributed by atoms with Gasteiger partial charge in [0.15, 0.2) is 0 Å². The van der Waals surface area contributed by atoms with Gasteiger partial charge in [-0.15, -0.1) is 0 Å². The molecule has 0 saturated heterocycles. The van der Waals surface area contributed by atoms with E-state index in [4.69, 9.17) is 4.52 Å². The van der Waals surface area contributed by atoms with Crippen LogP contribution in [0.2, 0.25) is 0 Å². The third-order valence-electron chi connectivity index (χ3n) is 3.58. The molecule has 11 heteroatoms. The summed E-state index contributed by atoms with van der Waals surface area (Å²) in [6.07, 6.45) is -4.80. The second-order valence-corrected chi connectivity index (χ2v) is 5.24. The number of pyridine rings is 1. The van der Waals surface area contributed by atoms with E-state index in [2.05, 4.69) is 10.1 Å². The van der Waals surface area contributed by atoms with Gasteiger partial charge in [-0.05, 0) is 12.1 Å². The van der Waals surface area contributed by atoms with Gasteiger partial charge in [0, 0.05) is 30.7 Å². The SMILES string of the molecule is Cc1c(-c2noc(-c3cccc([N+](=O)[O-])c3)n2)ccc(C(F)(F)F)[n+]1[O-]. The summed E-state index contributed by atoms with van der Waals surface area (Å²) in [5, 5.41) is 26.3. The first-order valence-corrected chi connectivity index (χ1v) is 7.08. The molecule has 0 amide bonds. The summed E-state index contributed by atoms with van der Waals surface area (Å²) in [5.74, 6) is -0.178. The molecule has 0 fully saturated rings. The van der Waals surface area contributed by atoms with Crippen molar-refractivity contribution in [1.82, 2.24) is 10.1 Å². The fourth-order valence-electron chi connectivity index (χ4n) is 2.29. The van der Waals surface area contributed by atoms with Crippen LogP contribution >= 0.6 is 0 Å². The van der Waals surface area contributed by atoms with Gasteiger partial charge < -0.3 is 9.73 Å². The van der Waals surface area contributed by atoms with Crippen molar-refractivity contribution >= 4 is 5.69 Å². The van der Waals surface area contributed by atoms with Gasteiger partial charge in [-0.2, -0.15) is 22.9 Å². The maximum atomic E-state index is 12.8. The van der Waals surface area contributed by atoms with E-state index < -0.39 is 16.8 Å². The Hall–Kier alpha value is -3.50. The topological polar surface area (TPSA) is 109 Å². The van der Waals surface area contributed by atoms with Crippen molar-refractivity contribution in [3.8, 4) is 22.8 Å². The third kappa shape index (κ3) is 3.06. The molecule has 0 radical (unpaired) electrons. The molecule has 0 N–H and O–H groups in total. The summed E-state index contributed by atoms with van der Waals surface area (Å²) in [6, 6.07) is 7.10. The van der Waals surface area contributed by atoms with Gasteiger partial charge in [-0.25, -0.2) is 0 Å². The number of halogens is 3. The van der Waals surface area contributed by atoms with Crippen molar-refractivity contribution in [2.24, 2.45) is 0 Å². The lowest BCUT2D eigenvalue weighted by molar-refractivity contribution is -0.635. The van der Waals surface area contributed by atoms with Crippen molar-refractivity contribution in [3.05, 3.63) is 63.1 Å². The number of nitrogens with zero attached hydrogens (tertiary/aromatic N) is 4. The number of aromatic nitrogens is 3. The van der Waals surface area contributed by atoms with Crippen LogP contribution in [0.5, 0.6) is 0 Å². The number of alkyl halides is 3. The van der Waals surface area contributed by atoms with Crippen molar-refractivity contribution in [2.45, 2.75) is 13.1 Å². The minimum atomic E-state index is -4.80. The molecule has 0 aliphatic rings. The van der Waals surface area contributed by atoms with Crippen LogP contribution in [0.1, 0.15) is 11.4 Å². The van der Waals surface area contributed by atoms with Gasteiger partial charge >= 0.3 is 6.18 Å². The largest absolute Gasteiger partial charge is 0.618 e. The molecule has 1 aromatic carbocycles. The van der Waals surface area contributed by atoms with Gasteiger partial charge in [0.2, 0.25) is 11.5 Å². The van der Waals surface area contributed by atoms with Crippen molar-refractivity contribution in [3.63, 3.8) is 0 Å². The zero-order chi connectivity index (χ0) is 19.1. The van der Waals surface area contributed by atoms with E-state index in [0.717, 1.165) is 6.07 Å². The van der Waals surface area contributed by atoms with Crippen LogP contribution in [-0.4, -0.2) is 15.1 Å². The Balaban J connectivity index is 2.02. The van der Waals surface area contributed by atoms with Gasteiger partial charge in [-0.1, -0.05) is 11.2 Å². The minimum absolute atomic E-state index is 0.0495. The van der Waals surface area contributed by atoms with Crippen LogP contribution in [0.15, 0.2) is 40.9 Å².